The van der Waals surface area contributed by atoms with Crippen LogP contribution in [0.3, 0.4) is 0 Å². The summed E-state index contributed by atoms with van der Waals surface area (Å²) in [5.74, 6) is -0.128. The van der Waals surface area contributed by atoms with Gasteiger partial charge in [-0.3, -0.25) is 9.59 Å². The molecule has 14 heavy (non-hydrogen) atoms. The fourth-order valence-electron chi connectivity index (χ4n) is 1.09. The molecule has 0 saturated carbocycles. The van der Waals surface area contributed by atoms with E-state index in [1.807, 2.05) is 18.2 Å². The number of rotatable bonds is 3. The third-order valence-electron chi connectivity index (χ3n) is 1.63. The molecule has 0 heterocycles. The number of hydrogen-bond donors (Lipinski definition) is 1. The molecule has 1 amide bonds. The number of carbonyl (C=O) groups excluding carboxylic acids is 2. The Balaban J connectivity index is 2.96. The van der Waals surface area contributed by atoms with Crippen LogP contribution in [0.2, 0.25) is 0 Å². The number of para-hydroxylation sites is 1. The molecule has 0 aromatic heterocycles. The largest absolute Gasteiger partial charge is 0.326 e. The zero-order chi connectivity index (χ0) is 10.4. The minimum absolute atomic E-state index is 0.128. The average Bonchev–Trinajstić information content (AvgIpc) is 2.16. The number of nitrogens with one attached hydrogen (secondary N) is 1. The van der Waals surface area contributed by atoms with Crippen molar-refractivity contribution in [3.8, 4) is 0 Å². The second-order valence-corrected chi connectivity index (χ2v) is 2.76. The molecule has 0 aliphatic heterocycles. The smallest absolute Gasteiger partial charge is 0.221 e. The van der Waals surface area contributed by atoms with E-state index in [9.17, 15) is 9.59 Å². The van der Waals surface area contributed by atoms with Gasteiger partial charge in [0.1, 0.15) is 6.29 Å². The SMILES string of the molecule is CC(=O)Nc1ccccc1/C=C/C=O. The topological polar surface area (TPSA) is 46.2 Å². The van der Waals surface area contributed by atoms with Crippen LogP contribution >= 0.6 is 0 Å². The Hall–Kier alpha value is -1.90. The molecule has 1 rings (SSSR count). The van der Waals surface area contributed by atoms with E-state index >= 15 is 0 Å². The van der Waals surface area contributed by atoms with Crippen molar-refractivity contribution >= 4 is 24.0 Å². The monoisotopic (exact) mass is 189 g/mol. The van der Waals surface area contributed by atoms with Crippen molar-refractivity contribution in [3.63, 3.8) is 0 Å². The number of aldehydes is 1. The number of hydrogen-bond acceptors (Lipinski definition) is 2. The Bertz CT molecular complexity index is 369. The van der Waals surface area contributed by atoms with Crippen LogP contribution in [0.1, 0.15) is 12.5 Å². The summed E-state index contributed by atoms with van der Waals surface area (Å²) in [6.07, 6.45) is 3.74. The second kappa shape index (κ2) is 4.97. The number of amides is 1. The highest BCUT2D eigenvalue weighted by molar-refractivity contribution is 5.91. The molecular weight excluding hydrogens is 178 g/mol. The van der Waals surface area contributed by atoms with Crippen molar-refractivity contribution in [2.75, 3.05) is 5.32 Å². The maximum absolute atomic E-state index is 10.8. The highest BCUT2D eigenvalue weighted by Gasteiger charge is 1.98. The maximum Gasteiger partial charge on any atom is 0.221 e. The predicted octanol–water partition coefficient (Wildman–Crippen LogP) is 1.86. The van der Waals surface area contributed by atoms with Crippen LogP contribution in [0, 0.1) is 0 Å². The Morgan fingerprint density at radius 1 is 1.36 bits per heavy atom. The lowest BCUT2D eigenvalue weighted by atomic mass is 10.1. The third-order valence-corrected chi connectivity index (χ3v) is 1.63. The quantitative estimate of drug-likeness (QED) is 0.582. The summed E-state index contributed by atoms with van der Waals surface area (Å²) in [7, 11) is 0. The van der Waals surface area contributed by atoms with Gasteiger partial charge in [-0.1, -0.05) is 18.2 Å². The number of allylic oxidation sites excluding steroid dienone is 1. The summed E-state index contributed by atoms with van der Waals surface area (Å²) in [4.78, 5) is 21.0. The summed E-state index contributed by atoms with van der Waals surface area (Å²) in [6, 6.07) is 7.27. The van der Waals surface area contributed by atoms with E-state index < -0.39 is 0 Å². The van der Waals surface area contributed by atoms with Crippen LogP contribution in [0.15, 0.2) is 30.3 Å². The summed E-state index contributed by atoms with van der Waals surface area (Å²) in [5, 5.41) is 2.68. The van der Waals surface area contributed by atoms with Gasteiger partial charge in [0.2, 0.25) is 5.91 Å². The lowest BCUT2D eigenvalue weighted by Gasteiger charge is -2.05. The molecule has 1 aromatic rings. The fraction of sp³-hybridized carbons (Fsp3) is 0.0909. The van der Waals surface area contributed by atoms with Crippen molar-refractivity contribution in [1.82, 2.24) is 0 Å². The van der Waals surface area contributed by atoms with E-state index in [4.69, 9.17) is 0 Å². The van der Waals surface area contributed by atoms with Crippen LogP contribution in [-0.2, 0) is 9.59 Å². The zero-order valence-electron chi connectivity index (χ0n) is 7.86. The van der Waals surface area contributed by atoms with Crippen LogP contribution in [0.5, 0.6) is 0 Å². The Kier molecular flexibility index (Phi) is 3.61. The minimum atomic E-state index is -0.128. The van der Waals surface area contributed by atoms with Crippen molar-refractivity contribution in [2.45, 2.75) is 6.92 Å². The first kappa shape index (κ1) is 10.2. The molecule has 0 bridgehead atoms. The van der Waals surface area contributed by atoms with Crippen molar-refractivity contribution in [3.05, 3.63) is 35.9 Å². The first-order valence-electron chi connectivity index (χ1n) is 4.22. The Morgan fingerprint density at radius 2 is 2.07 bits per heavy atom. The Morgan fingerprint density at radius 3 is 2.71 bits per heavy atom. The van der Waals surface area contributed by atoms with Crippen LogP contribution in [0.25, 0.3) is 6.08 Å². The lowest BCUT2D eigenvalue weighted by molar-refractivity contribution is -0.114. The van der Waals surface area contributed by atoms with E-state index in [2.05, 4.69) is 5.32 Å². The Labute approximate surface area is 82.4 Å². The van der Waals surface area contributed by atoms with Crippen LogP contribution in [0.4, 0.5) is 5.69 Å². The standard InChI is InChI=1S/C11H11NO2/c1-9(14)12-11-7-3-2-5-10(11)6-4-8-13/h2-8H,1H3,(H,12,14)/b6-4+. The van der Waals surface area contributed by atoms with Gasteiger partial charge < -0.3 is 5.32 Å². The van der Waals surface area contributed by atoms with Gasteiger partial charge in [0.25, 0.3) is 0 Å². The van der Waals surface area contributed by atoms with E-state index in [1.165, 1.54) is 13.0 Å². The molecule has 0 aliphatic carbocycles. The van der Waals surface area contributed by atoms with Crippen LogP contribution in [-0.4, -0.2) is 12.2 Å². The molecule has 0 radical (unpaired) electrons. The van der Waals surface area contributed by atoms with Gasteiger partial charge in [0.05, 0.1) is 0 Å². The van der Waals surface area contributed by atoms with E-state index in [0.29, 0.717) is 12.0 Å². The fourth-order valence-corrected chi connectivity index (χ4v) is 1.09. The molecular formula is C11H11NO2. The molecule has 0 spiro atoms. The van der Waals surface area contributed by atoms with Gasteiger partial charge in [0, 0.05) is 12.6 Å². The molecule has 0 aliphatic rings. The van der Waals surface area contributed by atoms with Gasteiger partial charge in [-0.05, 0) is 23.8 Å². The van der Waals surface area contributed by atoms with E-state index in [1.54, 1.807) is 12.1 Å². The van der Waals surface area contributed by atoms with E-state index in [-0.39, 0.29) is 5.91 Å². The van der Waals surface area contributed by atoms with Crippen molar-refractivity contribution in [1.29, 1.82) is 0 Å². The summed E-state index contributed by atoms with van der Waals surface area (Å²) < 4.78 is 0. The van der Waals surface area contributed by atoms with E-state index in [0.717, 1.165) is 5.56 Å². The van der Waals surface area contributed by atoms with Crippen molar-refractivity contribution < 1.29 is 9.59 Å². The van der Waals surface area contributed by atoms with Crippen LogP contribution < -0.4 is 5.32 Å². The molecule has 72 valence electrons. The molecule has 1 N–H and O–H groups in total. The zero-order valence-corrected chi connectivity index (χ0v) is 7.86. The van der Waals surface area contributed by atoms with Crippen molar-refractivity contribution in [2.24, 2.45) is 0 Å². The first-order valence-corrected chi connectivity index (χ1v) is 4.22. The van der Waals surface area contributed by atoms with Gasteiger partial charge in [0.15, 0.2) is 0 Å². The molecule has 0 saturated heterocycles. The van der Waals surface area contributed by atoms with Gasteiger partial charge in [-0.2, -0.15) is 0 Å². The molecule has 3 nitrogen and oxygen atoms in total. The number of benzene rings is 1. The maximum atomic E-state index is 10.8. The molecule has 3 heteroatoms. The summed E-state index contributed by atoms with van der Waals surface area (Å²) in [5.41, 5.74) is 1.52. The third kappa shape index (κ3) is 2.86. The molecule has 0 fully saturated rings. The number of carbonyl (C=O) groups is 2. The summed E-state index contributed by atoms with van der Waals surface area (Å²) in [6.45, 7) is 1.44. The lowest BCUT2D eigenvalue weighted by Crippen LogP contribution is -2.06. The molecule has 0 atom stereocenters. The minimum Gasteiger partial charge on any atom is -0.326 e. The van der Waals surface area contributed by atoms with Gasteiger partial charge >= 0.3 is 0 Å². The van der Waals surface area contributed by atoms with Gasteiger partial charge in [-0.25, -0.2) is 0 Å². The van der Waals surface area contributed by atoms with Gasteiger partial charge in [-0.15, -0.1) is 0 Å². The highest BCUT2D eigenvalue weighted by atomic mass is 16.1. The predicted molar refractivity (Wildman–Crippen MR) is 55.8 cm³/mol. The summed E-state index contributed by atoms with van der Waals surface area (Å²) >= 11 is 0. The molecule has 1 aromatic carbocycles. The normalized spacial score (nSPS) is 10.1. The highest BCUT2D eigenvalue weighted by Crippen LogP contribution is 2.15. The molecule has 0 unspecified atom stereocenters. The second-order valence-electron chi connectivity index (χ2n) is 2.76. The first-order chi connectivity index (χ1) is 6.74. The number of anilines is 1. The average molecular weight is 189 g/mol.